The standard InChI is InChI=1S/C13H23N3/c1-13(2,3)9-11(15-4)7-10-5-6-16-12(14)8-10/h5-6,8,11,15H,7,9H2,1-4H3,(H2,14,16). The summed E-state index contributed by atoms with van der Waals surface area (Å²) in [6.07, 6.45) is 3.92. The summed E-state index contributed by atoms with van der Waals surface area (Å²) in [4.78, 5) is 4.00. The molecule has 1 rings (SSSR count). The first-order valence-electron chi connectivity index (χ1n) is 5.78. The zero-order valence-corrected chi connectivity index (χ0v) is 10.7. The zero-order valence-electron chi connectivity index (χ0n) is 10.7. The van der Waals surface area contributed by atoms with E-state index < -0.39 is 0 Å². The molecule has 16 heavy (non-hydrogen) atoms. The minimum Gasteiger partial charge on any atom is -0.384 e. The van der Waals surface area contributed by atoms with Gasteiger partial charge in [-0.2, -0.15) is 0 Å². The van der Waals surface area contributed by atoms with Gasteiger partial charge in [0.2, 0.25) is 0 Å². The molecule has 0 radical (unpaired) electrons. The minimum atomic E-state index is 0.340. The molecule has 1 heterocycles. The van der Waals surface area contributed by atoms with E-state index in [1.807, 2.05) is 19.2 Å². The lowest BCUT2D eigenvalue weighted by Crippen LogP contribution is -2.32. The fourth-order valence-corrected chi connectivity index (χ4v) is 1.92. The van der Waals surface area contributed by atoms with E-state index in [0.29, 0.717) is 17.3 Å². The Labute approximate surface area is 98.5 Å². The van der Waals surface area contributed by atoms with Crippen LogP contribution in [0.15, 0.2) is 18.3 Å². The van der Waals surface area contributed by atoms with Crippen LogP contribution in [0, 0.1) is 5.41 Å². The molecule has 0 aliphatic heterocycles. The van der Waals surface area contributed by atoms with Gasteiger partial charge in [0.1, 0.15) is 5.82 Å². The maximum Gasteiger partial charge on any atom is 0.123 e. The molecule has 0 amide bonds. The third kappa shape index (κ3) is 4.62. The summed E-state index contributed by atoms with van der Waals surface area (Å²) in [7, 11) is 2.01. The van der Waals surface area contributed by atoms with Crippen molar-refractivity contribution in [1.29, 1.82) is 0 Å². The normalized spacial score (nSPS) is 13.8. The van der Waals surface area contributed by atoms with Gasteiger partial charge >= 0.3 is 0 Å². The number of nitrogens with one attached hydrogen (secondary N) is 1. The van der Waals surface area contributed by atoms with Crippen molar-refractivity contribution in [2.75, 3.05) is 12.8 Å². The summed E-state index contributed by atoms with van der Waals surface area (Å²) in [6.45, 7) is 6.79. The topological polar surface area (TPSA) is 50.9 Å². The van der Waals surface area contributed by atoms with Gasteiger partial charge in [-0.3, -0.25) is 0 Å². The highest BCUT2D eigenvalue weighted by Crippen LogP contribution is 2.22. The Balaban J connectivity index is 2.63. The first kappa shape index (κ1) is 13.0. The second-order valence-corrected chi connectivity index (χ2v) is 5.54. The van der Waals surface area contributed by atoms with Crippen molar-refractivity contribution in [2.24, 2.45) is 5.41 Å². The smallest absolute Gasteiger partial charge is 0.123 e. The monoisotopic (exact) mass is 221 g/mol. The van der Waals surface area contributed by atoms with Crippen LogP contribution in [0.1, 0.15) is 32.8 Å². The van der Waals surface area contributed by atoms with Crippen LogP contribution in [-0.4, -0.2) is 18.1 Å². The molecule has 3 heteroatoms. The summed E-state index contributed by atoms with van der Waals surface area (Å²) in [5.41, 5.74) is 7.26. The van der Waals surface area contributed by atoms with Gasteiger partial charge in [0.25, 0.3) is 0 Å². The van der Waals surface area contributed by atoms with Crippen LogP contribution in [0.5, 0.6) is 0 Å². The predicted octanol–water partition coefficient (Wildman–Crippen LogP) is 2.23. The van der Waals surface area contributed by atoms with Crippen LogP contribution in [0.3, 0.4) is 0 Å². The molecule has 0 aliphatic carbocycles. The van der Waals surface area contributed by atoms with Gasteiger partial charge < -0.3 is 11.1 Å². The third-order valence-corrected chi connectivity index (χ3v) is 2.59. The molecule has 1 aromatic rings. The van der Waals surface area contributed by atoms with Crippen molar-refractivity contribution in [3.05, 3.63) is 23.9 Å². The lowest BCUT2D eigenvalue weighted by Gasteiger charge is -2.25. The van der Waals surface area contributed by atoms with Crippen LogP contribution >= 0.6 is 0 Å². The van der Waals surface area contributed by atoms with Crippen molar-refractivity contribution < 1.29 is 0 Å². The van der Waals surface area contributed by atoms with Gasteiger partial charge in [0.05, 0.1) is 0 Å². The van der Waals surface area contributed by atoms with Crippen LogP contribution in [0.4, 0.5) is 5.82 Å². The van der Waals surface area contributed by atoms with Gasteiger partial charge in [-0.1, -0.05) is 20.8 Å². The Hall–Kier alpha value is -1.09. The lowest BCUT2D eigenvalue weighted by molar-refractivity contribution is 0.316. The van der Waals surface area contributed by atoms with E-state index in [0.717, 1.165) is 12.8 Å². The molecule has 3 nitrogen and oxygen atoms in total. The number of hydrogen-bond acceptors (Lipinski definition) is 3. The molecule has 90 valence electrons. The molecule has 0 saturated heterocycles. The molecular weight excluding hydrogens is 198 g/mol. The molecular formula is C13H23N3. The number of nitrogens with two attached hydrogens (primary N) is 1. The second-order valence-electron chi connectivity index (χ2n) is 5.54. The fraction of sp³-hybridized carbons (Fsp3) is 0.615. The number of nitrogens with zero attached hydrogens (tertiary/aromatic N) is 1. The Morgan fingerprint density at radius 3 is 2.62 bits per heavy atom. The Bertz CT molecular complexity index is 328. The Kier molecular flexibility index (Phi) is 4.30. The van der Waals surface area contributed by atoms with Gasteiger partial charge in [-0.15, -0.1) is 0 Å². The first-order valence-corrected chi connectivity index (χ1v) is 5.78. The van der Waals surface area contributed by atoms with E-state index in [1.54, 1.807) is 6.20 Å². The molecule has 0 bridgehead atoms. The number of anilines is 1. The number of pyridine rings is 1. The van der Waals surface area contributed by atoms with E-state index >= 15 is 0 Å². The molecule has 0 aromatic carbocycles. The van der Waals surface area contributed by atoms with E-state index in [1.165, 1.54) is 5.56 Å². The molecule has 1 aromatic heterocycles. The summed E-state index contributed by atoms with van der Waals surface area (Å²) in [6, 6.07) is 4.47. The Morgan fingerprint density at radius 2 is 2.12 bits per heavy atom. The SMILES string of the molecule is CNC(Cc1ccnc(N)c1)CC(C)(C)C. The van der Waals surface area contributed by atoms with Gasteiger partial charge in [0, 0.05) is 12.2 Å². The number of nitrogen functional groups attached to an aromatic ring is 1. The van der Waals surface area contributed by atoms with E-state index in [-0.39, 0.29) is 0 Å². The molecule has 3 N–H and O–H groups in total. The number of hydrogen-bond donors (Lipinski definition) is 2. The minimum absolute atomic E-state index is 0.340. The van der Waals surface area contributed by atoms with Crippen molar-refractivity contribution in [1.82, 2.24) is 10.3 Å². The average Bonchev–Trinajstić information content (AvgIpc) is 2.14. The van der Waals surface area contributed by atoms with Crippen molar-refractivity contribution in [2.45, 2.75) is 39.7 Å². The highest BCUT2D eigenvalue weighted by Gasteiger charge is 2.17. The van der Waals surface area contributed by atoms with Gasteiger partial charge in [0.15, 0.2) is 0 Å². The largest absolute Gasteiger partial charge is 0.384 e. The summed E-state index contributed by atoms with van der Waals surface area (Å²) in [5.74, 6) is 0.600. The summed E-state index contributed by atoms with van der Waals surface area (Å²) in [5, 5.41) is 3.37. The molecule has 1 atom stereocenters. The zero-order chi connectivity index (χ0) is 12.2. The predicted molar refractivity (Wildman–Crippen MR) is 69.3 cm³/mol. The van der Waals surface area contributed by atoms with E-state index in [2.05, 4.69) is 31.1 Å². The molecule has 1 unspecified atom stereocenters. The van der Waals surface area contributed by atoms with Gasteiger partial charge in [-0.25, -0.2) is 4.98 Å². The molecule has 0 saturated carbocycles. The van der Waals surface area contributed by atoms with Crippen LogP contribution in [0.25, 0.3) is 0 Å². The van der Waals surface area contributed by atoms with Crippen LogP contribution in [0.2, 0.25) is 0 Å². The second kappa shape index (κ2) is 5.30. The third-order valence-electron chi connectivity index (χ3n) is 2.59. The molecule has 0 spiro atoms. The van der Waals surface area contributed by atoms with Crippen molar-refractivity contribution in [3.63, 3.8) is 0 Å². The van der Waals surface area contributed by atoms with E-state index in [9.17, 15) is 0 Å². The molecule has 0 aliphatic rings. The maximum atomic E-state index is 5.67. The lowest BCUT2D eigenvalue weighted by atomic mass is 9.86. The highest BCUT2D eigenvalue weighted by molar-refractivity contribution is 5.32. The Morgan fingerprint density at radius 1 is 1.44 bits per heavy atom. The summed E-state index contributed by atoms with van der Waals surface area (Å²) < 4.78 is 0. The summed E-state index contributed by atoms with van der Waals surface area (Å²) >= 11 is 0. The average molecular weight is 221 g/mol. The fourth-order valence-electron chi connectivity index (χ4n) is 1.92. The van der Waals surface area contributed by atoms with E-state index in [4.69, 9.17) is 5.73 Å². The van der Waals surface area contributed by atoms with Crippen molar-refractivity contribution in [3.8, 4) is 0 Å². The van der Waals surface area contributed by atoms with Gasteiger partial charge in [-0.05, 0) is 43.0 Å². The molecule has 0 fully saturated rings. The highest BCUT2D eigenvalue weighted by atomic mass is 14.9. The quantitative estimate of drug-likeness (QED) is 0.819. The van der Waals surface area contributed by atoms with Crippen LogP contribution in [-0.2, 0) is 6.42 Å². The number of rotatable bonds is 4. The maximum absolute atomic E-state index is 5.67. The van der Waals surface area contributed by atoms with Crippen molar-refractivity contribution >= 4 is 5.82 Å². The first-order chi connectivity index (χ1) is 7.40. The van der Waals surface area contributed by atoms with Crippen LogP contribution < -0.4 is 11.1 Å². The number of aromatic nitrogens is 1. The number of likely N-dealkylation sites (N-methyl/N-ethyl adjacent to an activating group) is 1.